The minimum atomic E-state index is -0.00625. The van der Waals surface area contributed by atoms with Gasteiger partial charge in [-0.25, -0.2) is 0 Å². The molecule has 2 fully saturated rings. The van der Waals surface area contributed by atoms with Gasteiger partial charge in [0.2, 0.25) is 5.91 Å². The van der Waals surface area contributed by atoms with Gasteiger partial charge in [-0.05, 0) is 31.4 Å². The van der Waals surface area contributed by atoms with Gasteiger partial charge in [0.05, 0.1) is 31.7 Å². The first-order valence-electron chi connectivity index (χ1n) is 11.0. The number of hydrogen-bond donors (Lipinski definition) is 0. The van der Waals surface area contributed by atoms with Gasteiger partial charge in [0.25, 0.3) is 5.91 Å². The Kier molecular flexibility index (Phi) is 7.74. The molecule has 164 valence electrons. The first-order chi connectivity index (χ1) is 14.7. The van der Waals surface area contributed by atoms with E-state index in [4.69, 9.17) is 9.47 Å². The second-order valence-electron chi connectivity index (χ2n) is 7.29. The monoisotopic (exact) mass is 415 g/mol. The Morgan fingerprint density at radius 1 is 0.967 bits per heavy atom. The second-order valence-corrected chi connectivity index (χ2v) is 7.29. The van der Waals surface area contributed by atoms with Gasteiger partial charge in [0, 0.05) is 44.4 Å². The Bertz CT molecular complexity index is 787. The molecule has 1 aromatic rings. The van der Waals surface area contributed by atoms with Crippen LogP contribution >= 0.6 is 0 Å². The van der Waals surface area contributed by atoms with Crippen LogP contribution in [0.5, 0.6) is 5.75 Å². The number of anilines is 2. The van der Waals surface area contributed by atoms with Crippen LogP contribution in [0.15, 0.2) is 30.0 Å². The lowest BCUT2D eigenvalue weighted by atomic mass is 10.1. The van der Waals surface area contributed by atoms with Gasteiger partial charge in [0.15, 0.2) is 0 Å². The van der Waals surface area contributed by atoms with Gasteiger partial charge in [0.1, 0.15) is 5.75 Å². The van der Waals surface area contributed by atoms with Crippen molar-refractivity contribution < 1.29 is 19.1 Å². The molecule has 0 atom stereocenters. The predicted octanol–water partition coefficient (Wildman–Crippen LogP) is 3.19. The molecule has 2 amide bonds. The number of nitrogens with zero attached hydrogens (tertiary/aromatic N) is 3. The van der Waals surface area contributed by atoms with Crippen molar-refractivity contribution in [1.29, 1.82) is 0 Å². The van der Waals surface area contributed by atoms with Crippen molar-refractivity contribution in [3.05, 3.63) is 30.0 Å². The normalized spacial score (nSPS) is 19.8. The molecule has 7 heteroatoms. The van der Waals surface area contributed by atoms with E-state index in [9.17, 15) is 9.59 Å². The summed E-state index contributed by atoms with van der Waals surface area (Å²) in [5.74, 6) is 0.758. The number of morpholine rings is 1. The highest BCUT2D eigenvalue weighted by atomic mass is 16.5. The molecule has 7 nitrogen and oxygen atoms in total. The average molecular weight is 416 g/mol. The van der Waals surface area contributed by atoms with E-state index in [1.807, 2.05) is 43.0 Å². The van der Waals surface area contributed by atoms with Crippen LogP contribution in [0.3, 0.4) is 0 Å². The Morgan fingerprint density at radius 3 is 2.43 bits per heavy atom. The lowest BCUT2D eigenvalue weighted by Crippen LogP contribution is -2.45. The summed E-state index contributed by atoms with van der Waals surface area (Å²) >= 11 is 0. The van der Waals surface area contributed by atoms with E-state index in [2.05, 4.69) is 4.90 Å². The largest absolute Gasteiger partial charge is 0.494 e. The molecule has 4 rings (SSSR count). The molecule has 0 aliphatic carbocycles. The van der Waals surface area contributed by atoms with Crippen LogP contribution in [0, 0.1) is 0 Å². The van der Waals surface area contributed by atoms with E-state index in [0.29, 0.717) is 31.9 Å². The van der Waals surface area contributed by atoms with Gasteiger partial charge in [-0.2, -0.15) is 0 Å². The highest BCUT2D eigenvalue weighted by Gasteiger charge is 2.30. The highest BCUT2D eigenvalue weighted by Crippen LogP contribution is 2.36. The predicted molar refractivity (Wildman–Crippen MR) is 118 cm³/mol. The standard InChI is InChI=1S/C21H27N3O4.C2H6/c1-27-19-15-16(23-9-3-2-6-20(23)25)7-8-17(19)24-10-4-5-18(21(24)26)22-11-13-28-14-12-22;1-2/h5,7-8,15H,2-4,6,9-14H2,1H3;1-2H3. The number of hydrogen-bond acceptors (Lipinski definition) is 5. The summed E-state index contributed by atoms with van der Waals surface area (Å²) < 4.78 is 11.0. The molecule has 3 aliphatic heterocycles. The number of carbonyl (C=O) groups is 2. The van der Waals surface area contributed by atoms with Crippen LogP contribution in [0.1, 0.15) is 39.5 Å². The summed E-state index contributed by atoms with van der Waals surface area (Å²) in [5, 5.41) is 0. The average Bonchev–Trinajstić information content (AvgIpc) is 2.81. The maximum Gasteiger partial charge on any atom is 0.274 e. The number of amides is 2. The third-order valence-corrected chi connectivity index (χ3v) is 5.60. The van der Waals surface area contributed by atoms with E-state index in [1.54, 1.807) is 12.0 Å². The molecular weight excluding hydrogens is 382 g/mol. The fraction of sp³-hybridized carbons (Fsp3) is 0.565. The van der Waals surface area contributed by atoms with Gasteiger partial charge >= 0.3 is 0 Å². The number of ether oxygens (including phenoxy) is 2. The van der Waals surface area contributed by atoms with Crippen molar-refractivity contribution in [2.45, 2.75) is 39.5 Å². The quantitative estimate of drug-likeness (QED) is 0.756. The second kappa shape index (κ2) is 10.5. The number of carbonyl (C=O) groups excluding carboxylic acids is 2. The third kappa shape index (κ3) is 4.61. The first kappa shape index (κ1) is 22.2. The molecule has 0 unspecified atom stereocenters. The van der Waals surface area contributed by atoms with E-state index in [1.165, 1.54) is 0 Å². The fourth-order valence-electron chi connectivity index (χ4n) is 4.09. The third-order valence-electron chi connectivity index (χ3n) is 5.60. The number of methoxy groups -OCH3 is 1. The summed E-state index contributed by atoms with van der Waals surface area (Å²) in [6.07, 6.45) is 5.37. The molecule has 1 aromatic carbocycles. The zero-order valence-electron chi connectivity index (χ0n) is 18.4. The Morgan fingerprint density at radius 2 is 1.73 bits per heavy atom. The van der Waals surface area contributed by atoms with E-state index in [0.717, 1.165) is 56.0 Å². The Hall–Kier alpha value is -2.54. The lowest BCUT2D eigenvalue weighted by molar-refractivity contribution is -0.119. The van der Waals surface area contributed by atoms with Crippen molar-refractivity contribution in [3.8, 4) is 5.75 Å². The molecule has 0 spiro atoms. The smallest absolute Gasteiger partial charge is 0.274 e. The zero-order chi connectivity index (χ0) is 21.5. The maximum absolute atomic E-state index is 13.2. The summed E-state index contributed by atoms with van der Waals surface area (Å²) in [5.41, 5.74) is 2.32. The van der Waals surface area contributed by atoms with E-state index in [-0.39, 0.29) is 11.8 Å². The molecule has 0 bridgehead atoms. The van der Waals surface area contributed by atoms with Crippen molar-refractivity contribution in [2.24, 2.45) is 0 Å². The van der Waals surface area contributed by atoms with Crippen LogP contribution in [0.4, 0.5) is 11.4 Å². The van der Waals surface area contributed by atoms with Crippen molar-refractivity contribution in [2.75, 3.05) is 56.3 Å². The number of piperidine rings is 1. The molecule has 3 aliphatic rings. The molecule has 3 heterocycles. The van der Waals surface area contributed by atoms with Crippen LogP contribution < -0.4 is 14.5 Å². The molecule has 0 saturated carbocycles. The molecule has 0 aromatic heterocycles. The van der Waals surface area contributed by atoms with Gasteiger partial charge in [-0.1, -0.05) is 19.9 Å². The minimum Gasteiger partial charge on any atom is -0.494 e. The Labute approximate surface area is 179 Å². The molecule has 0 radical (unpaired) electrons. The van der Waals surface area contributed by atoms with Gasteiger partial charge in [-0.15, -0.1) is 0 Å². The fourth-order valence-corrected chi connectivity index (χ4v) is 4.09. The molecule has 0 N–H and O–H groups in total. The topological polar surface area (TPSA) is 62.3 Å². The minimum absolute atomic E-state index is 0.00625. The Balaban J connectivity index is 0.00000124. The van der Waals surface area contributed by atoms with Crippen molar-refractivity contribution in [1.82, 2.24) is 4.90 Å². The molecule has 2 saturated heterocycles. The van der Waals surface area contributed by atoms with Crippen molar-refractivity contribution >= 4 is 23.2 Å². The lowest BCUT2D eigenvalue weighted by Gasteiger charge is -2.36. The first-order valence-corrected chi connectivity index (χ1v) is 11.0. The van der Waals surface area contributed by atoms with Crippen LogP contribution in [0.25, 0.3) is 0 Å². The SMILES string of the molecule is CC.COc1cc(N2CCCCC2=O)ccc1N1CCC=C(N2CCOCC2)C1=O. The zero-order valence-corrected chi connectivity index (χ0v) is 18.4. The van der Waals surface area contributed by atoms with Crippen LogP contribution in [-0.4, -0.2) is 63.2 Å². The highest BCUT2D eigenvalue weighted by molar-refractivity contribution is 6.07. The number of rotatable bonds is 4. The van der Waals surface area contributed by atoms with Gasteiger partial charge < -0.3 is 24.2 Å². The van der Waals surface area contributed by atoms with Gasteiger partial charge in [-0.3, -0.25) is 9.59 Å². The maximum atomic E-state index is 13.2. The summed E-state index contributed by atoms with van der Waals surface area (Å²) in [7, 11) is 1.60. The summed E-state index contributed by atoms with van der Waals surface area (Å²) in [6, 6.07) is 5.69. The number of benzene rings is 1. The summed E-state index contributed by atoms with van der Waals surface area (Å²) in [4.78, 5) is 31.1. The van der Waals surface area contributed by atoms with Crippen LogP contribution in [0.2, 0.25) is 0 Å². The molecule has 30 heavy (non-hydrogen) atoms. The van der Waals surface area contributed by atoms with E-state index < -0.39 is 0 Å². The van der Waals surface area contributed by atoms with E-state index >= 15 is 0 Å². The summed E-state index contributed by atoms with van der Waals surface area (Å²) in [6.45, 7) is 8.11. The van der Waals surface area contributed by atoms with Crippen LogP contribution in [-0.2, 0) is 14.3 Å². The molecular formula is C23H33N3O4. The van der Waals surface area contributed by atoms with Crippen molar-refractivity contribution in [3.63, 3.8) is 0 Å².